The van der Waals surface area contributed by atoms with Gasteiger partial charge in [-0.15, -0.1) is 0 Å². The number of amides is 2. The number of fused-ring (bicyclic) bond motifs is 1. The van der Waals surface area contributed by atoms with Crippen molar-refractivity contribution in [3.05, 3.63) is 48.0 Å². The Kier molecular flexibility index (Phi) is 8.24. The highest BCUT2D eigenvalue weighted by Crippen LogP contribution is 2.22. The van der Waals surface area contributed by atoms with Gasteiger partial charge in [-0.3, -0.25) is 9.59 Å². The van der Waals surface area contributed by atoms with Crippen LogP contribution in [0, 0.1) is 0 Å². The monoisotopic (exact) mass is 452 g/mol. The number of nitrogens with one attached hydrogen (secondary N) is 2. The van der Waals surface area contributed by atoms with Gasteiger partial charge in [0.2, 0.25) is 5.78 Å². The molecule has 2 N–H and O–H groups in total. The fraction of sp³-hybridized carbons (Fsp3) is 0.435. The molecule has 0 fully saturated rings. The molecule has 2 aromatic carbocycles. The molecule has 9 heteroatoms. The second kappa shape index (κ2) is 10.5. The summed E-state index contributed by atoms with van der Waals surface area (Å²) in [6.45, 7) is 4.67. The maximum Gasteiger partial charge on any atom is 0.408 e. The van der Waals surface area contributed by atoms with E-state index in [4.69, 9.17) is 4.74 Å². The smallest absolute Gasteiger partial charge is 0.408 e. The molecule has 174 valence electrons. The van der Waals surface area contributed by atoms with Crippen LogP contribution in [0.4, 0.5) is 18.0 Å². The van der Waals surface area contributed by atoms with Gasteiger partial charge in [0.15, 0.2) is 0 Å². The molecule has 2 rings (SSSR count). The normalized spacial score (nSPS) is 12.8. The Morgan fingerprint density at radius 1 is 1.00 bits per heavy atom. The molecular formula is C23H27F3N2O4. The molecule has 6 nitrogen and oxygen atoms in total. The zero-order chi connectivity index (χ0) is 23.9. The summed E-state index contributed by atoms with van der Waals surface area (Å²) in [6, 6.07) is 11.7. The molecule has 0 saturated heterocycles. The van der Waals surface area contributed by atoms with Crippen LogP contribution in [0.5, 0.6) is 0 Å². The molecule has 0 heterocycles. The first-order valence-corrected chi connectivity index (χ1v) is 10.2. The van der Waals surface area contributed by atoms with E-state index in [1.165, 1.54) is 20.8 Å². The third kappa shape index (κ3) is 8.56. The molecular weight excluding hydrogens is 425 g/mol. The third-order valence-electron chi connectivity index (χ3n) is 4.41. The number of alkyl halides is 3. The number of ether oxygens (including phenoxy) is 1. The van der Waals surface area contributed by atoms with E-state index >= 15 is 0 Å². The number of carbonyl (C=O) groups is 3. The summed E-state index contributed by atoms with van der Waals surface area (Å²) in [5.74, 6) is -2.56. The Labute approximate surface area is 184 Å². The fourth-order valence-electron chi connectivity index (χ4n) is 3.02. The highest BCUT2D eigenvalue weighted by atomic mass is 19.4. The number of Topliss-reactive ketones (excluding diaryl/α,β-unsaturated/α-hetero) is 1. The largest absolute Gasteiger partial charge is 0.444 e. The molecule has 0 aliphatic rings. The van der Waals surface area contributed by atoms with Crippen molar-refractivity contribution in [2.75, 3.05) is 6.54 Å². The van der Waals surface area contributed by atoms with Gasteiger partial charge in [-0.2, -0.15) is 13.2 Å². The summed E-state index contributed by atoms with van der Waals surface area (Å²) in [5.41, 5.74) is 0.0619. The van der Waals surface area contributed by atoms with Gasteiger partial charge >= 0.3 is 12.3 Å². The number of aryl methyl sites for hydroxylation is 1. The van der Waals surface area contributed by atoms with E-state index in [0.29, 0.717) is 12.8 Å². The topological polar surface area (TPSA) is 84.5 Å². The van der Waals surface area contributed by atoms with E-state index in [1.807, 2.05) is 47.8 Å². The van der Waals surface area contributed by atoms with Crippen LogP contribution in [0.2, 0.25) is 0 Å². The molecule has 0 saturated carbocycles. The lowest BCUT2D eigenvalue weighted by atomic mass is 10.0. The summed E-state index contributed by atoms with van der Waals surface area (Å²) in [7, 11) is 0. The van der Waals surface area contributed by atoms with Gasteiger partial charge in [0.25, 0.3) is 5.91 Å². The maximum absolute atomic E-state index is 12.8. The van der Waals surface area contributed by atoms with Crippen molar-refractivity contribution in [3.63, 3.8) is 0 Å². The van der Waals surface area contributed by atoms with E-state index in [2.05, 4.69) is 5.32 Å². The van der Waals surface area contributed by atoms with Crippen molar-refractivity contribution in [1.82, 2.24) is 10.6 Å². The highest BCUT2D eigenvalue weighted by Gasteiger charge is 2.39. The van der Waals surface area contributed by atoms with Crippen LogP contribution >= 0.6 is 0 Å². The zero-order valence-corrected chi connectivity index (χ0v) is 18.2. The van der Waals surface area contributed by atoms with Crippen LogP contribution in [0.3, 0.4) is 0 Å². The second-order valence-corrected chi connectivity index (χ2v) is 8.42. The van der Waals surface area contributed by atoms with Crippen LogP contribution < -0.4 is 10.6 Å². The standard InChI is InChI=1S/C23H27F3N2O4/c1-22(2,3)32-21(31)28-18(14-23(24,25)26)19(29)20(30)27-12-6-7-15-10-11-16-8-4-5-9-17(16)13-15/h4-5,8-11,13,18H,6-7,12,14H2,1-3H3,(H,27,30)(H,28,31). The van der Waals surface area contributed by atoms with Crippen molar-refractivity contribution in [2.24, 2.45) is 0 Å². The minimum Gasteiger partial charge on any atom is -0.444 e. The van der Waals surface area contributed by atoms with Crippen LogP contribution in [-0.2, 0) is 20.7 Å². The first kappa shape index (κ1) is 25.2. The van der Waals surface area contributed by atoms with Crippen LogP contribution in [0.1, 0.15) is 39.2 Å². The predicted molar refractivity (Wildman–Crippen MR) is 114 cm³/mol. The Hall–Kier alpha value is -3.10. The van der Waals surface area contributed by atoms with E-state index in [9.17, 15) is 27.6 Å². The molecule has 2 aromatic rings. The molecule has 0 aromatic heterocycles. The molecule has 0 spiro atoms. The molecule has 0 aliphatic carbocycles. The summed E-state index contributed by atoms with van der Waals surface area (Å²) >= 11 is 0. The number of ketones is 1. The highest BCUT2D eigenvalue weighted by molar-refractivity contribution is 6.38. The van der Waals surface area contributed by atoms with Gasteiger partial charge in [0.1, 0.15) is 11.6 Å². The first-order valence-electron chi connectivity index (χ1n) is 10.2. The molecule has 32 heavy (non-hydrogen) atoms. The molecule has 0 bridgehead atoms. The summed E-state index contributed by atoms with van der Waals surface area (Å²) in [4.78, 5) is 36.2. The average Bonchev–Trinajstić information content (AvgIpc) is 2.67. The van der Waals surface area contributed by atoms with Gasteiger partial charge in [-0.1, -0.05) is 42.5 Å². The van der Waals surface area contributed by atoms with Gasteiger partial charge < -0.3 is 15.4 Å². The minimum atomic E-state index is -4.76. The minimum absolute atomic E-state index is 0.0998. The SMILES string of the molecule is CC(C)(C)OC(=O)NC(CC(F)(F)F)C(=O)C(=O)NCCCc1ccc2ccccc2c1. The van der Waals surface area contributed by atoms with Gasteiger partial charge in [0, 0.05) is 6.54 Å². The van der Waals surface area contributed by atoms with E-state index < -0.39 is 42.0 Å². The van der Waals surface area contributed by atoms with Crippen molar-refractivity contribution >= 4 is 28.6 Å². The van der Waals surface area contributed by atoms with Crippen LogP contribution in [-0.4, -0.2) is 42.1 Å². The summed E-state index contributed by atoms with van der Waals surface area (Å²) < 4.78 is 43.4. The number of carbonyl (C=O) groups excluding carboxylic acids is 3. The summed E-state index contributed by atoms with van der Waals surface area (Å²) in [5, 5.41) is 6.36. The van der Waals surface area contributed by atoms with Crippen LogP contribution in [0.25, 0.3) is 10.8 Å². The zero-order valence-electron chi connectivity index (χ0n) is 18.2. The maximum atomic E-state index is 12.8. The molecule has 0 aliphatic heterocycles. The van der Waals surface area contributed by atoms with Crippen molar-refractivity contribution in [3.8, 4) is 0 Å². The van der Waals surface area contributed by atoms with Crippen LogP contribution in [0.15, 0.2) is 42.5 Å². The Morgan fingerprint density at radius 2 is 1.66 bits per heavy atom. The number of hydrogen-bond donors (Lipinski definition) is 2. The lowest BCUT2D eigenvalue weighted by Gasteiger charge is -2.23. The van der Waals surface area contributed by atoms with E-state index in [-0.39, 0.29) is 6.54 Å². The second-order valence-electron chi connectivity index (χ2n) is 8.42. The molecule has 1 unspecified atom stereocenters. The molecule has 1 atom stereocenters. The van der Waals surface area contributed by atoms with Crippen molar-refractivity contribution < 1.29 is 32.3 Å². The Balaban J connectivity index is 1.89. The van der Waals surface area contributed by atoms with E-state index in [0.717, 1.165) is 16.3 Å². The van der Waals surface area contributed by atoms with Gasteiger partial charge in [-0.05, 0) is 49.9 Å². The Bertz CT molecular complexity index is 968. The lowest BCUT2D eigenvalue weighted by Crippen LogP contribution is -2.50. The van der Waals surface area contributed by atoms with E-state index in [1.54, 1.807) is 0 Å². The number of benzene rings is 2. The number of hydrogen-bond acceptors (Lipinski definition) is 4. The van der Waals surface area contributed by atoms with Crippen molar-refractivity contribution in [1.29, 1.82) is 0 Å². The number of rotatable bonds is 8. The first-order chi connectivity index (χ1) is 14.8. The lowest BCUT2D eigenvalue weighted by molar-refractivity contribution is -0.152. The predicted octanol–water partition coefficient (Wildman–Crippen LogP) is 4.30. The average molecular weight is 452 g/mol. The fourth-order valence-corrected chi connectivity index (χ4v) is 3.02. The number of alkyl carbamates (subject to hydrolysis) is 1. The summed E-state index contributed by atoms with van der Waals surface area (Å²) in [6.07, 6.45) is -6.53. The number of halogens is 3. The van der Waals surface area contributed by atoms with Crippen molar-refractivity contribution in [2.45, 2.75) is 57.9 Å². The molecule has 0 radical (unpaired) electrons. The molecule has 2 amide bonds. The van der Waals surface area contributed by atoms with Gasteiger partial charge in [-0.25, -0.2) is 4.79 Å². The quantitative estimate of drug-likeness (QED) is 0.462. The van der Waals surface area contributed by atoms with Gasteiger partial charge in [0.05, 0.1) is 6.42 Å². The Morgan fingerprint density at radius 3 is 2.28 bits per heavy atom. The third-order valence-corrected chi connectivity index (χ3v) is 4.41.